The maximum absolute atomic E-state index is 11.2. The van der Waals surface area contributed by atoms with Crippen LogP contribution in [-0.4, -0.2) is 54.5 Å². The fourth-order valence-corrected chi connectivity index (χ4v) is 2.18. The molecule has 0 saturated carbocycles. The van der Waals surface area contributed by atoms with Crippen molar-refractivity contribution in [2.75, 3.05) is 32.7 Å². The van der Waals surface area contributed by atoms with Gasteiger partial charge in [-0.05, 0) is 6.42 Å². The molecule has 0 aliphatic carbocycles. The van der Waals surface area contributed by atoms with Crippen LogP contribution in [0.5, 0.6) is 0 Å². The van der Waals surface area contributed by atoms with E-state index in [0.29, 0.717) is 6.04 Å². The molecule has 1 atom stereocenters. The third-order valence-corrected chi connectivity index (χ3v) is 3.17. The molecule has 1 rings (SSSR count). The number of carbonyl (C=O) groups is 1. The number of rotatable bonds is 4. The molecule has 4 heteroatoms. The van der Waals surface area contributed by atoms with Gasteiger partial charge in [0.25, 0.3) is 0 Å². The van der Waals surface area contributed by atoms with Crippen LogP contribution in [0.4, 0.5) is 0 Å². The van der Waals surface area contributed by atoms with Crippen molar-refractivity contribution in [1.82, 2.24) is 9.80 Å². The second kappa shape index (κ2) is 6.08. The van der Waals surface area contributed by atoms with Crippen molar-refractivity contribution in [2.24, 2.45) is 5.73 Å². The van der Waals surface area contributed by atoms with Gasteiger partial charge < -0.3 is 10.6 Å². The zero-order valence-corrected chi connectivity index (χ0v) is 9.91. The van der Waals surface area contributed by atoms with Crippen molar-refractivity contribution < 1.29 is 4.79 Å². The van der Waals surface area contributed by atoms with Crippen LogP contribution in [0.1, 0.15) is 26.7 Å². The first-order valence-corrected chi connectivity index (χ1v) is 5.88. The predicted octanol–water partition coefficient (Wildman–Crippen LogP) is 0.278. The Balaban J connectivity index is 2.38. The summed E-state index contributed by atoms with van der Waals surface area (Å²) in [4.78, 5) is 15.5. The van der Waals surface area contributed by atoms with Gasteiger partial charge in [-0.3, -0.25) is 9.69 Å². The Kier molecular flexibility index (Phi) is 5.05. The second-order valence-corrected chi connectivity index (χ2v) is 4.22. The molecule has 15 heavy (non-hydrogen) atoms. The Morgan fingerprint density at radius 3 is 2.33 bits per heavy atom. The molecule has 0 aromatic heterocycles. The third-order valence-electron chi connectivity index (χ3n) is 3.17. The summed E-state index contributed by atoms with van der Waals surface area (Å²) in [6.45, 7) is 8.22. The van der Waals surface area contributed by atoms with Gasteiger partial charge in [-0.15, -0.1) is 0 Å². The SMILES string of the molecule is CCCC(CN)N1CCN(C(C)=O)CC1. The van der Waals surface area contributed by atoms with Crippen LogP contribution in [0.15, 0.2) is 0 Å². The van der Waals surface area contributed by atoms with Crippen molar-refractivity contribution in [3.63, 3.8) is 0 Å². The lowest BCUT2D eigenvalue weighted by molar-refractivity contribution is -0.130. The Morgan fingerprint density at radius 1 is 1.33 bits per heavy atom. The highest BCUT2D eigenvalue weighted by Crippen LogP contribution is 2.10. The van der Waals surface area contributed by atoms with Crippen LogP contribution in [0.25, 0.3) is 0 Å². The molecule has 0 spiro atoms. The van der Waals surface area contributed by atoms with Gasteiger partial charge in [-0.1, -0.05) is 13.3 Å². The average Bonchev–Trinajstić information content (AvgIpc) is 2.26. The maximum atomic E-state index is 11.2. The zero-order valence-electron chi connectivity index (χ0n) is 9.91. The minimum atomic E-state index is 0.189. The lowest BCUT2D eigenvalue weighted by atomic mass is 10.1. The van der Waals surface area contributed by atoms with E-state index in [2.05, 4.69) is 11.8 Å². The minimum absolute atomic E-state index is 0.189. The molecular formula is C11H23N3O. The largest absolute Gasteiger partial charge is 0.340 e. The van der Waals surface area contributed by atoms with Crippen molar-refractivity contribution in [3.8, 4) is 0 Å². The number of carbonyl (C=O) groups excluding carboxylic acids is 1. The van der Waals surface area contributed by atoms with Gasteiger partial charge >= 0.3 is 0 Å². The van der Waals surface area contributed by atoms with E-state index in [1.165, 1.54) is 6.42 Å². The van der Waals surface area contributed by atoms with Crippen LogP contribution in [-0.2, 0) is 4.79 Å². The van der Waals surface area contributed by atoms with E-state index >= 15 is 0 Å². The summed E-state index contributed by atoms with van der Waals surface area (Å²) in [7, 11) is 0. The summed E-state index contributed by atoms with van der Waals surface area (Å²) >= 11 is 0. The number of hydrogen-bond donors (Lipinski definition) is 1. The number of hydrogen-bond acceptors (Lipinski definition) is 3. The number of amides is 1. The molecule has 0 bridgehead atoms. The third kappa shape index (κ3) is 3.47. The van der Waals surface area contributed by atoms with Crippen molar-refractivity contribution in [2.45, 2.75) is 32.7 Å². The molecule has 1 aliphatic rings. The number of nitrogens with zero attached hydrogens (tertiary/aromatic N) is 2. The normalized spacial score (nSPS) is 20.3. The van der Waals surface area contributed by atoms with Crippen LogP contribution < -0.4 is 5.73 Å². The molecule has 1 saturated heterocycles. The van der Waals surface area contributed by atoms with Gasteiger partial charge in [0.15, 0.2) is 0 Å². The monoisotopic (exact) mass is 213 g/mol. The van der Waals surface area contributed by atoms with E-state index in [1.54, 1.807) is 6.92 Å². The predicted molar refractivity (Wildman–Crippen MR) is 61.6 cm³/mol. The molecule has 4 nitrogen and oxygen atoms in total. The summed E-state index contributed by atoms with van der Waals surface area (Å²) in [5, 5.41) is 0. The van der Waals surface area contributed by atoms with E-state index in [4.69, 9.17) is 5.73 Å². The molecular weight excluding hydrogens is 190 g/mol. The van der Waals surface area contributed by atoms with Gasteiger partial charge in [-0.2, -0.15) is 0 Å². The zero-order chi connectivity index (χ0) is 11.3. The van der Waals surface area contributed by atoms with Gasteiger partial charge in [0.2, 0.25) is 5.91 Å². The fourth-order valence-electron chi connectivity index (χ4n) is 2.18. The van der Waals surface area contributed by atoms with E-state index in [-0.39, 0.29) is 5.91 Å². The first-order valence-electron chi connectivity index (χ1n) is 5.88. The summed E-state index contributed by atoms with van der Waals surface area (Å²) in [6.07, 6.45) is 2.34. The number of piperazine rings is 1. The molecule has 2 N–H and O–H groups in total. The Morgan fingerprint density at radius 2 is 1.93 bits per heavy atom. The Hall–Kier alpha value is -0.610. The summed E-state index contributed by atoms with van der Waals surface area (Å²) in [5.41, 5.74) is 5.76. The molecule has 0 radical (unpaired) electrons. The Bertz CT molecular complexity index is 200. The van der Waals surface area contributed by atoms with Gasteiger partial charge in [0.05, 0.1) is 0 Å². The van der Waals surface area contributed by atoms with E-state index in [0.717, 1.165) is 39.1 Å². The summed E-state index contributed by atoms with van der Waals surface area (Å²) < 4.78 is 0. The topological polar surface area (TPSA) is 49.6 Å². The highest BCUT2D eigenvalue weighted by atomic mass is 16.2. The molecule has 1 fully saturated rings. The number of nitrogens with two attached hydrogens (primary N) is 1. The summed E-state index contributed by atoms with van der Waals surface area (Å²) in [6, 6.07) is 0.504. The molecule has 1 unspecified atom stereocenters. The van der Waals surface area contributed by atoms with E-state index in [9.17, 15) is 4.79 Å². The van der Waals surface area contributed by atoms with Crippen molar-refractivity contribution in [3.05, 3.63) is 0 Å². The fraction of sp³-hybridized carbons (Fsp3) is 0.909. The van der Waals surface area contributed by atoms with Crippen molar-refractivity contribution >= 4 is 5.91 Å². The van der Waals surface area contributed by atoms with Crippen LogP contribution in [0, 0.1) is 0 Å². The molecule has 1 amide bonds. The lowest BCUT2D eigenvalue weighted by Gasteiger charge is -2.38. The highest BCUT2D eigenvalue weighted by molar-refractivity contribution is 5.73. The summed E-state index contributed by atoms with van der Waals surface area (Å²) in [5.74, 6) is 0.189. The molecule has 0 aromatic carbocycles. The van der Waals surface area contributed by atoms with Gasteiger partial charge in [0.1, 0.15) is 0 Å². The first-order chi connectivity index (χ1) is 7.19. The smallest absolute Gasteiger partial charge is 0.219 e. The molecule has 0 aromatic rings. The molecule has 88 valence electrons. The van der Waals surface area contributed by atoms with E-state index in [1.807, 2.05) is 4.90 Å². The average molecular weight is 213 g/mol. The maximum Gasteiger partial charge on any atom is 0.219 e. The molecule has 1 aliphatic heterocycles. The first kappa shape index (κ1) is 12.5. The highest BCUT2D eigenvalue weighted by Gasteiger charge is 2.23. The minimum Gasteiger partial charge on any atom is -0.340 e. The Labute approximate surface area is 92.4 Å². The van der Waals surface area contributed by atoms with Crippen LogP contribution >= 0.6 is 0 Å². The second-order valence-electron chi connectivity index (χ2n) is 4.22. The standard InChI is InChI=1S/C11H23N3O/c1-3-4-11(9-12)14-7-5-13(6-8-14)10(2)15/h11H,3-9,12H2,1-2H3. The van der Waals surface area contributed by atoms with Crippen molar-refractivity contribution in [1.29, 1.82) is 0 Å². The van der Waals surface area contributed by atoms with Gasteiger partial charge in [0, 0.05) is 45.7 Å². The van der Waals surface area contributed by atoms with Crippen LogP contribution in [0.3, 0.4) is 0 Å². The lowest BCUT2D eigenvalue weighted by Crippen LogP contribution is -2.53. The quantitative estimate of drug-likeness (QED) is 0.729. The van der Waals surface area contributed by atoms with Crippen LogP contribution in [0.2, 0.25) is 0 Å². The van der Waals surface area contributed by atoms with Gasteiger partial charge in [-0.25, -0.2) is 0 Å². The molecule has 1 heterocycles. The van der Waals surface area contributed by atoms with E-state index < -0.39 is 0 Å².